The molecule has 152 valence electrons. The number of likely N-dealkylation sites (tertiary alicyclic amines) is 1. The van der Waals surface area contributed by atoms with Crippen LogP contribution >= 0.6 is 0 Å². The summed E-state index contributed by atoms with van der Waals surface area (Å²) in [5.41, 5.74) is -1.97. The minimum Gasteiger partial charge on any atom is -0.340 e. The molecule has 7 heteroatoms. The fourth-order valence-electron chi connectivity index (χ4n) is 7.58. The first kappa shape index (κ1) is 18.1. The van der Waals surface area contributed by atoms with Crippen LogP contribution < -0.4 is 0 Å². The Morgan fingerprint density at radius 3 is 2.25 bits per heavy atom. The van der Waals surface area contributed by atoms with E-state index in [1.54, 1.807) is 7.05 Å². The summed E-state index contributed by atoms with van der Waals surface area (Å²) in [6.07, 6.45) is 1.74. The summed E-state index contributed by atoms with van der Waals surface area (Å²) in [5, 5.41) is 0. The molecule has 2 spiro atoms. The van der Waals surface area contributed by atoms with Crippen LogP contribution in [0, 0.1) is 28.6 Å². The predicted molar refractivity (Wildman–Crippen MR) is 99.6 cm³/mol. The fourth-order valence-corrected chi connectivity index (χ4v) is 7.58. The van der Waals surface area contributed by atoms with E-state index in [0.29, 0.717) is 25.8 Å². The Morgan fingerprint density at radius 1 is 0.964 bits per heavy atom. The van der Waals surface area contributed by atoms with Crippen molar-refractivity contribution in [2.75, 3.05) is 20.6 Å². The number of imide groups is 1. The number of piperidine rings is 1. The molecule has 7 nitrogen and oxygen atoms in total. The summed E-state index contributed by atoms with van der Waals surface area (Å²) in [4.78, 5) is 57.2. The third-order valence-electron chi connectivity index (χ3n) is 9.46. The molecule has 5 saturated heterocycles. The average molecular weight is 387 g/mol. The van der Waals surface area contributed by atoms with E-state index in [2.05, 4.69) is 13.8 Å². The Hall–Kier alpha value is -1.92. The monoisotopic (exact) mass is 387 g/mol. The SMILES string of the molecule is C[C@H]1CC(=O)N2CC3C4C[C@]5(CC(=O)N(C)C5=O)C(C)(C)[C@@H]3C[C@]12C(=O)N4C. The minimum absolute atomic E-state index is 0.0267. The molecule has 6 rings (SSSR count). The van der Waals surface area contributed by atoms with Crippen LogP contribution in [-0.2, 0) is 19.2 Å². The van der Waals surface area contributed by atoms with Crippen LogP contribution in [-0.4, -0.2) is 70.5 Å². The van der Waals surface area contributed by atoms with E-state index in [1.807, 2.05) is 23.8 Å². The van der Waals surface area contributed by atoms with Gasteiger partial charge < -0.3 is 9.80 Å². The topological polar surface area (TPSA) is 78.0 Å². The van der Waals surface area contributed by atoms with Crippen LogP contribution in [0.25, 0.3) is 0 Å². The second-order valence-corrected chi connectivity index (χ2v) is 10.4. The van der Waals surface area contributed by atoms with Gasteiger partial charge in [0, 0.05) is 45.4 Å². The maximum Gasteiger partial charge on any atom is 0.248 e. The first-order valence-electron chi connectivity index (χ1n) is 10.4. The van der Waals surface area contributed by atoms with Crippen molar-refractivity contribution in [1.29, 1.82) is 0 Å². The molecule has 6 atom stereocenters. The van der Waals surface area contributed by atoms with Crippen molar-refractivity contribution in [3.8, 4) is 0 Å². The van der Waals surface area contributed by atoms with Gasteiger partial charge in [-0.25, -0.2) is 0 Å². The lowest BCUT2D eigenvalue weighted by atomic mass is 9.46. The third-order valence-corrected chi connectivity index (χ3v) is 9.46. The molecule has 28 heavy (non-hydrogen) atoms. The second-order valence-electron chi connectivity index (χ2n) is 10.4. The molecule has 1 saturated carbocycles. The van der Waals surface area contributed by atoms with Crippen molar-refractivity contribution >= 4 is 23.6 Å². The predicted octanol–water partition coefficient (Wildman–Crippen LogP) is 0.875. The highest BCUT2D eigenvalue weighted by molar-refractivity contribution is 6.06. The van der Waals surface area contributed by atoms with Gasteiger partial charge in [0.05, 0.1) is 5.41 Å². The van der Waals surface area contributed by atoms with Gasteiger partial charge in [-0.2, -0.15) is 0 Å². The number of likely N-dealkylation sites (N-methyl/N-ethyl adjacent to an activating group) is 1. The molecule has 4 amide bonds. The lowest BCUT2D eigenvalue weighted by molar-refractivity contribution is -0.166. The summed E-state index contributed by atoms with van der Waals surface area (Å²) in [6, 6.07) is -0.112. The molecular formula is C21H29N3O4. The zero-order chi connectivity index (χ0) is 20.4. The smallest absolute Gasteiger partial charge is 0.248 e. The highest BCUT2D eigenvalue weighted by Gasteiger charge is 2.74. The van der Waals surface area contributed by atoms with Gasteiger partial charge in [-0.1, -0.05) is 20.8 Å². The summed E-state index contributed by atoms with van der Waals surface area (Å²) < 4.78 is 0. The van der Waals surface area contributed by atoms with E-state index >= 15 is 0 Å². The first-order chi connectivity index (χ1) is 13.0. The van der Waals surface area contributed by atoms with Crippen LogP contribution in [0.4, 0.5) is 0 Å². The van der Waals surface area contributed by atoms with Crippen molar-refractivity contribution in [2.24, 2.45) is 28.6 Å². The Bertz CT molecular complexity index is 838. The number of rotatable bonds is 0. The molecule has 6 fully saturated rings. The number of nitrogens with zero attached hydrogens (tertiary/aromatic N) is 3. The van der Waals surface area contributed by atoms with Gasteiger partial charge in [0.1, 0.15) is 5.54 Å². The molecule has 0 aromatic carbocycles. The van der Waals surface area contributed by atoms with Crippen LogP contribution in [0.3, 0.4) is 0 Å². The molecule has 5 aliphatic heterocycles. The number of fused-ring (bicyclic) bond motifs is 1. The van der Waals surface area contributed by atoms with Gasteiger partial charge in [-0.3, -0.25) is 24.1 Å². The molecule has 1 aliphatic carbocycles. The molecule has 4 bridgehead atoms. The van der Waals surface area contributed by atoms with Crippen LogP contribution in [0.1, 0.15) is 46.5 Å². The van der Waals surface area contributed by atoms with Crippen molar-refractivity contribution < 1.29 is 19.2 Å². The lowest BCUT2D eigenvalue weighted by Crippen LogP contribution is -2.65. The summed E-state index contributed by atoms with van der Waals surface area (Å²) in [5.74, 6) is 0.116. The Balaban J connectivity index is 1.70. The van der Waals surface area contributed by atoms with Crippen molar-refractivity contribution in [3.05, 3.63) is 0 Å². The molecule has 2 unspecified atom stereocenters. The maximum atomic E-state index is 13.7. The van der Waals surface area contributed by atoms with Gasteiger partial charge in [0.15, 0.2) is 0 Å². The number of carbonyl (C=O) groups excluding carboxylic acids is 4. The minimum atomic E-state index is -0.790. The number of carbonyl (C=O) groups is 4. The first-order valence-corrected chi connectivity index (χ1v) is 10.4. The Morgan fingerprint density at radius 2 is 1.64 bits per heavy atom. The Labute approximate surface area is 165 Å². The third kappa shape index (κ3) is 1.65. The zero-order valence-electron chi connectivity index (χ0n) is 17.3. The standard InChI is InChI=1S/C21H29N3O4/c1-11-6-15(25)24-10-12-13-7-21(11,24)18(28)22(4)14(12)8-20(19(13,2)3)9-16(26)23(5)17(20)27/h11-14H,6-10H2,1-5H3/t11-,12?,13+,14?,20+,21+/m0/s1. The van der Waals surface area contributed by atoms with Gasteiger partial charge in [0.2, 0.25) is 23.6 Å². The molecular weight excluding hydrogens is 358 g/mol. The molecule has 0 aromatic heterocycles. The number of hydrogen-bond acceptors (Lipinski definition) is 4. The van der Waals surface area contributed by atoms with Crippen molar-refractivity contribution in [1.82, 2.24) is 14.7 Å². The van der Waals surface area contributed by atoms with Crippen molar-refractivity contribution in [3.63, 3.8) is 0 Å². The number of hydrogen-bond donors (Lipinski definition) is 0. The summed E-state index contributed by atoms with van der Waals surface area (Å²) in [6.45, 7) is 6.84. The highest BCUT2D eigenvalue weighted by atomic mass is 16.2. The van der Waals surface area contributed by atoms with Gasteiger partial charge in [-0.15, -0.1) is 0 Å². The largest absolute Gasteiger partial charge is 0.340 e. The number of amides is 4. The summed E-state index contributed by atoms with van der Waals surface area (Å²) in [7, 11) is 3.41. The Kier molecular flexibility index (Phi) is 3.22. The normalized spacial score (nSPS) is 46.7. The molecule has 5 heterocycles. The van der Waals surface area contributed by atoms with Gasteiger partial charge in [0.25, 0.3) is 0 Å². The van der Waals surface area contributed by atoms with E-state index in [-0.39, 0.29) is 53.8 Å². The zero-order valence-corrected chi connectivity index (χ0v) is 17.3. The van der Waals surface area contributed by atoms with Gasteiger partial charge >= 0.3 is 0 Å². The molecule has 0 radical (unpaired) electrons. The molecule has 0 aromatic rings. The highest BCUT2D eigenvalue weighted by Crippen LogP contribution is 2.66. The van der Waals surface area contributed by atoms with Crippen LogP contribution in [0.5, 0.6) is 0 Å². The van der Waals surface area contributed by atoms with E-state index in [9.17, 15) is 19.2 Å². The lowest BCUT2D eigenvalue weighted by Gasteiger charge is -2.60. The van der Waals surface area contributed by atoms with Crippen molar-refractivity contribution in [2.45, 2.75) is 58.0 Å². The second kappa shape index (κ2) is 4.97. The van der Waals surface area contributed by atoms with E-state index < -0.39 is 16.4 Å². The molecule has 0 N–H and O–H groups in total. The average Bonchev–Trinajstić information content (AvgIpc) is 2.96. The fraction of sp³-hybridized carbons (Fsp3) is 0.810. The van der Waals surface area contributed by atoms with Crippen LogP contribution in [0.15, 0.2) is 0 Å². The summed E-state index contributed by atoms with van der Waals surface area (Å²) >= 11 is 0. The quantitative estimate of drug-likeness (QED) is 0.578. The molecule has 6 aliphatic rings. The maximum absolute atomic E-state index is 13.7. The van der Waals surface area contributed by atoms with Crippen LogP contribution in [0.2, 0.25) is 0 Å². The van der Waals surface area contributed by atoms with E-state index in [0.717, 1.165) is 0 Å². The van der Waals surface area contributed by atoms with E-state index in [4.69, 9.17) is 0 Å². The van der Waals surface area contributed by atoms with E-state index in [1.165, 1.54) is 4.90 Å². The van der Waals surface area contributed by atoms with Gasteiger partial charge in [-0.05, 0) is 30.1 Å².